The Morgan fingerprint density at radius 1 is 0.905 bits per heavy atom. The van der Waals surface area contributed by atoms with E-state index in [9.17, 15) is 0 Å². The molecule has 0 radical (unpaired) electrons. The zero-order valence-electron chi connectivity index (χ0n) is 13.5. The summed E-state index contributed by atoms with van der Waals surface area (Å²) >= 11 is 0. The molecule has 0 saturated heterocycles. The van der Waals surface area contributed by atoms with Crippen molar-refractivity contribution < 1.29 is 9.84 Å². The van der Waals surface area contributed by atoms with Gasteiger partial charge >= 0.3 is 0 Å². The van der Waals surface area contributed by atoms with Gasteiger partial charge in [0.15, 0.2) is 0 Å². The van der Waals surface area contributed by atoms with Crippen LogP contribution in [0.4, 0.5) is 0 Å². The zero-order valence-corrected chi connectivity index (χ0v) is 13.5. The van der Waals surface area contributed by atoms with Crippen LogP contribution in [-0.2, 0) is 11.3 Å². The van der Waals surface area contributed by atoms with E-state index >= 15 is 0 Å². The quantitative estimate of drug-likeness (QED) is 0.824. The van der Waals surface area contributed by atoms with Gasteiger partial charge in [0.05, 0.1) is 6.61 Å². The fourth-order valence-electron chi connectivity index (χ4n) is 1.47. The molecule has 0 amide bonds. The molecule has 0 unspecified atom stereocenters. The van der Waals surface area contributed by atoms with Crippen molar-refractivity contribution in [2.75, 3.05) is 13.7 Å². The molecule has 0 heterocycles. The first-order chi connectivity index (χ1) is 10.3. The number of benzene rings is 1. The molecule has 0 spiro atoms. The topological polar surface area (TPSA) is 29.5 Å². The van der Waals surface area contributed by atoms with E-state index in [2.05, 4.69) is 30.4 Å². The van der Waals surface area contributed by atoms with E-state index in [1.54, 1.807) is 7.11 Å². The fourth-order valence-corrected chi connectivity index (χ4v) is 1.47. The van der Waals surface area contributed by atoms with Crippen LogP contribution in [0.3, 0.4) is 0 Å². The van der Waals surface area contributed by atoms with Gasteiger partial charge in [-0.25, -0.2) is 0 Å². The van der Waals surface area contributed by atoms with Crippen molar-refractivity contribution in [3.05, 3.63) is 35.9 Å². The second kappa shape index (κ2) is 26.8. The zero-order chi connectivity index (χ0) is 16.8. The lowest BCUT2D eigenvalue weighted by Gasteiger charge is -1.89. The maximum Gasteiger partial charge on any atom is 0.0681 e. The molecule has 1 N–H and O–H groups in total. The monoisotopic (exact) mass is 290 g/mol. The van der Waals surface area contributed by atoms with E-state index in [0.29, 0.717) is 0 Å². The number of hydrogen-bond donors (Lipinski definition) is 1. The van der Waals surface area contributed by atoms with Crippen molar-refractivity contribution >= 4 is 0 Å². The summed E-state index contributed by atoms with van der Waals surface area (Å²) in [5.74, 6) is 0. The maximum absolute atomic E-state index is 8.54. The highest BCUT2D eigenvalue weighted by Crippen LogP contribution is 2.15. The minimum absolute atomic E-state index is 0.140. The first kappa shape index (κ1) is 24.3. The Bertz CT molecular complexity index is 281. The van der Waals surface area contributed by atoms with Crippen LogP contribution >= 0.6 is 0 Å². The number of terminal acetylenes is 2. The summed E-state index contributed by atoms with van der Waals surface area (Å²) in [6, 6.07) is 9.52. The molecule has 1 aliphatic carbocycles. The highest BCUT2D eigenvalue weighted by Gasteiger charge is 1.95. The molecule has 2 rings (SSSR count). The van der Waals surface area contributed by atoms with Gasteiger partial charge in [0.2, 0.25) is 0 Å². The van der Waals surface area contributed by atoms with Gasteiger partial charge in [-0.2, -0.15) is 0 Å². The van der Waals surface area contributed by atoms with Crippen molar-refractivity contribution in [1.29, 1.82) is 0 Å². The Balaban J connectivity index is -0.000000218. The molecule has 1 aromatic carbocycles. The minimum atomic E-state index is 0.140. The molecule has 0 atom stereocenters. The molecule has 2 heteroatoms. The molecule has 0 bridgehead atoms. The summed E-state index contributed by atoms with van der Waals surface area (Å²) < 4.78 is 4.54. The first-order valence-electron chi connectivity index (χ1n) is 7.15. The van der Waals surface area contributed by atoms with E-state index in [1.165, 1.54) is 32.1 Å². The third-order valence-electron chi connectivity index (χ3n) is 2.56. The second-order valence-electron chi connectivity index (χ2n) is 3.99. The van der Waals surface area contributed by atoms with Crippen molar-refractivity contribution in [3.63, 3.8) is 0 Å². The number of hydrogen-bond acceptors (Lipinski definition) is 2. The van der Waals surface area contributed by atoms with Crippen LogP contribution in [-0.4, -0.2) is 18.8 Å². The average molecular weight is 290 g/mol. The summed E-state index contributed by atoms with van der Waals surface area (Å²) in [5.41, 5.74) is 0.965. The van der Waals surface area contributed by atoms with E-state index < -0.39 is 0 Å². The number of aliphatic hydroxyl groups is 1. The van der Waals surface area contributed by atoms with Gasteiger partial charge in [-0.3, -0.25) is 0 Å². The van der Waals surface area contributed by atoms with Gasteiger partial charge in [-0.1, -0.05) is 62.4 Å². The van der Waals surface area contributed by atoms with Crippen LogP contribution in [0.5, 0.6) is 0 Å². The standard InChI is InChI=1S/C7H8O.C5H10.C3H8O.2C2H2/c8-6-7-4-2-1-3-5-7;1-2-4-5-3-1;1-3-4-2;2*1-2/h1-5,8H,6H2;1-5H2;3H2,1-2H3;2*1-2H. The second-order valence-corrected chi connectivity index (χ2v) is 3.99. The maximum atomic E-state index is 8.54. The third-order valence-corrected chi connectivity index (χ3v) is 2.56. The number of ether oxygens (including phenoxy) is 1. The molecule has 2 nitrogen and oxygen atoms in total. The van der Waals surface area contributed by atoms with Crippen molar-refractivity contribution in [2.45, 2.75) is 45.6 Å². The summed E-state index contributed by atoms with van der Waals surface area (Å²) in [7, 11) is 1.68. The van der Waals surface area contributed by atoms with E-state index in [0.717, 1.165) is 12.2 Å². The van der Waals surface area contributed by atoms with Gasteiger partial charge in [0.25, 0.3) is 0 Å². The molecule has 1 fully saturated rings. The molecule has 0 aromatic heterocycles. The predicted molar refractivity (Wildman–Crippen MR) is 92.8 cm³/mol. The number of aliphatic hydroxyl groups excluding tert-OH is 1. The fraction of sp³-hybridized carbons (Fsp3) is 0.474. The molecule has 1 saturated carbocycles. The van der Waals surface area contributed by atoms with Crippen molar-refractivity contribution in [2.24, 2.45) is 0 Å². The molecule has 118 valence electrons. The summed E-state index contributed by atoms with van der Waals surface area (Å²) in [6.45, 7) is 2.92. The number of rotatable bonds is 2. The van der Waals surface area contributed by atoms with Crippen LogP contribution in [0.2, 0.25) is 0 Å². The molecule has 0 aliphatic heterocycles. The van der Waals surface area contributed by atoms with Crippen molar-refractivity contribution in [1.82, 2.24) is 0 Å². The van der Waals surface area contributed by atoms with E-state index in [-0.39, 0.29) is 6.61 Å². The van der Waals surface area contributed by atoms with E-state index in [1.807, 2.05) is 37.3 Å². The average Bonchev–Trinajstić information content (AvgIpc) is 3.19. The summed E-state index contributed by atoms with van der Waals surface area (Å²) in [6.07, 6.45) is 23.5. The molecular weight excluding hydrogens is 260 g/mol. The SMILES string of the molecule is C#C.C#C.C1CCCC1.CCOC.OCc1ccccc1. The molecule has 1 aliphatic rings. The summed E-state index contributed by atoms with van der Waals surface area (Å²) in [4.78, 5) is 0. The van der Waals surface area contributed by atoms with Gasteiger partial charge in [-0.15, -0.1) is 25.7 Å². The lowest BCUT2D eigenvalue weighted by Crippen LogP contribution is -1.77. The van der Waals surface area contributed by atoms with Crippen LogP contribution in [0.25, 0.3) is 0 Å². The molecular formula is C19H30O2. The van der Waals surface area contributed by atoms with Crippen LogP contribution in [0.15, 0.2) is 30.3 Å². The Labute approximate surface area is 131 Å². The Kier molecular flexibility index (Phi) is 30.9. The largest absolute Gasteiger partial charge is 0.392 e. The van der Waals surface area contributed by atoms with Crippen LogP contribution < -0.4 is 0 Å². The lowest BCUT2D eigenvalue weighted by atomic mass is 10.2. The van der Waals surface area contributed by atoms with Crippen LogP contribution in [0.1, 0.15) is 44.6 Å². The third kappa shape index (κ3) is 23.7. The Morgan fingerprint density at radius 2 is 1.24 bits per heavy atom. The Hall–Kier alpha value is -1.74. The molecule has 21 heavy (non-hydrogen) atoms. The van der Waals surface area contributed by atoms with Gasteiger partial charge in [0, 0.05) is 13.7 Å². The smallest absolute Gasteiger partial charge is 0.0681 e. The first-order valence-corrected chi connectivity index (χ1v) is 7.15. The molecule has 1 aromatic rings. The van der Waals surface area contributed by atoms with Gasteiger partial charge in [0.1, 0.15) is 0 Å². The Morgan fingerprint density at radius 3 is 1.43 bits per heavy atom. The highest BCUT2D eigenvalue weighted by molar-refractivity contribution is 5.12. The minimum Gasteiger partial charge on any atom is -0.392 e. The normalized spacial score (nSPS) is 10.8. The van der Waals surface area contributed by atoms with Gasteiger partial charge in [-0.05, 0) is 12.5 Å². The van der Waals surface area contributed by atoms with Gasteiger partial charge < -0.3 is 9.84 Å². The van der Waals surface area contributed by atoms with E-state index in [4.69, 9.17) is 5.11 Å². The van der Waals surface area contributed by atoms with Crippen LogP contribution in [0, 0.1) is 25.7 Å². The number of methoxy groups -OCH3 is 1. The predicted octanol–water partition coefficient (Wildman–Crippen LogP) is 4.28. The van der Waals surface area contributed by atoms with Crippen molar-refractivity contribution in [3.8, 4) is 25.7 Å². The summed E-state index contributed by atoms with van der Waals surface area (Å²) in [5, 5.41) is 8.54. The lowest BCUT2D eigenvalue weighted by molar-refractivity contribution is 0.215. The highest BCUT2D eigenvalue weighted by atomic mass is 16.5.